The van der Waals surface area contributed by atoms with Crippen molar-refractivity contribution in [3.05, 3.63) is 41.3 Å². The third-order valence-corrected chi connectivity index (χ3v) is 5.02. The van der Waals surface area contributed by atoms with Crippen LogP contribution in [0.1, 0.15) is 55.1 Å². The summed E-state index contributed by atoms with van der Waals surface area (Å²) in [7, 11) is 1.78. The molecule has 150 valence electrons. The SMILES string of the molecule is CC(C)C(N)CCN(C)C(=O)c1cc(C2CC2)nc2ccc(F)cc12.Cl.Cl. The van der Waals surface area contributed by atoms with Crippen LogP contribution in [0.2, 0.25) is 0 Å². The summed E-state index contributed by atoms with van der Waals surface area (Å²) < 4.78 is 13.7. The van der Waals surface area contributed by atoms with E-state index in [9.17, 15) is 9.18 Å². The predicted octanol–water partition coefficient (Wildman–Crippen LogP) is 4.54. The Morgan fingerprint density at radius 3 is 2.56 bits per heavy atom. The first-order valence-electron chi connectivity index (χ1n) is 8.98. The smallest absolute Gasteiger partial charge is 0.254 e. The van der Waals surface area contributed by atoms with Crippen molar-refractivity contribution in [3.8, 4) is 0 Å². The highest BCUT2D eigenvalue weighted by Crippen LogP contribution is 2.40. The number of hydrogen-bond donors (Lipinski definition) is 1. The van der Waals surface area contributed by atoms with Crippen molar-refractivity contribution in [2.45, 2.75) is 45.1 Å². The van der Waals surface area contributed by atoms with Crippen LogP contribution in [0.3, 0.4) is 0 Å². The lowest BCUT2D eigenvalue weighted by molar-refractivity contribution is 0.0791. The summed E-state index contributed by atoms with van der Waals surface area (Å²) >= 11 is 0. The third kappa shape index (κ3) is 5.53. The topological polar surface area (TPSA) is 59.2 Å². The van der Waals surface area contributed by atoms with Crippen molar-refractivity contribution in [3.63, 3.8) is 0 Å². The molecular weight excluding hydrogens is 388 g/mol. The summed E-state index contributed by atoms with van der Waals surface area (Å²) in [4.78, 5) is 19.3. The standard InChI is InChI=1S/C20H26FN3O.2ClH/c1-12(2)17(22)8-9-24(3)20(25)16-11-19(13-4-5-13)23-18-7-6-14(21)10-15(16)18;;/h6-7,10-13,17H,4-5,8-9,22H2,1-3H3;2*1H. The van der Waals surface area contributed by atoms with E-state index in [0.29, 0.717) is 34.8 Å². The first-order valence-corrected chi connectivity index (χ1v) is 8.98. The Balaban J connectivity index is 0.00000182. The van der Waals surface area contributed by atoms with Crippen LogP contribution in [-0.4, -0.2) is 35.4 Å². The number of nitrogens with two attached hydrogens (primary N) is 1. The van der Waals surface area contributed by atoms with Gasteiger partial charge in [0.15, 0.2) is 0 Å². The predicted molar refractivity (Wildman–Crippen MR) is 113 cm³/mol. The first-order chi connectivity index (χ1) is 11.9. The van der Waals surface area contributed by atoms with E-state index in [1.807, 2.05) is 6.07 Å². The number of carbonyl (C=O) groups excluding carboxylic acids is 1. The van der Waals surface area contributed by atoms with Gasteiger partial charge in [0.05, 0.1) is 11.1 Å². The molecule has 1 aromatic carbocycles. The highest BCUT2D eigenvalue weighted by atomic mass is 35.5. The zero-order valence-corrected chi connectivity index (χ0v) is 17.6. The number of benzene rings is 1. The van der Waals surface area contributed by atoms with Crippen LogP contribution in [0.5, 0.6) is 0 Å². The molecule has 1 fully saturated rings. The van der Waals surface area contributed by atoms with Gasteiger partial charge in [-0.15, -0.1) is 24.8 Å². The van der Waals surface area contributed by atoms with E-state index in [1.54, 1.807) is 18.0 Å². The van der Waals surface area contributed by atoms with E-state index >= 15 is 0 Å². The number of nitrogens with zero attached hydrogens (tertiary/aromatic N) is 2. The van der Waals surface area contributed by atoms with Gasteiger partial charge in [-0.05, 0) is 49.4 Å². The molecule has 4 nitrogen and oxygen atoms in total. The zero-order chi connectivity index (χ0) is 18.1. The maximum atomic E-state index is 13.7. The number of rotatable bonds is 6. The molecule has 0 aliphatic heterocycles. The van der Waals surface area contributed by atoms with E-state index in [2.05, 4.69) is 18.8 Å². The molecule has 3 rings (SSSR count). The van der Waals surface area contributed by atoms with Crippen LogP contribution in [0.25, 0.3) is 10.9 Å². The highest BCUT2D eigenvalue weighted by Gasteiger charge is 2.27. The molecule has 1 aliphatic carbocycles. The van der Waals surface area contributed by atoms with Gasteiger partial charge in [0, 0.05) is 36.6 Å². The molecule has 0 bridgehead atoms. The summed E-state index contributed by atoms with van der Waals surface area (Å²) in [5.41, 5.74) is 8.24. The first kappa shape index (κ1) is 23.6. The summed E-state index contributed by atoms with van der Waals surface area (Å²) in [5, 5.41) is 0.578. The van der Waals surface area contributed by atoms with Gasteiger partial charge < -0.3 is 10.6 Å². The second-order valence-electron chi connectivity index (χ2n) is 7.45. The van der Waals surface area contributed by atoms with Gasteiger partial charge in [-0.2, -0.15) is 0 Å². The molecule has 0 radical (unpaired) electrons. The van der Waals surface area contributed by atoms with Crippen molar-refractivity contribution in [2.24, 2.45) is 11.7 Å². The van der Waals surface area contributed by atoms with Gasteiger partial charge in [-0.1, -0.05) is 13.8 Å². The molecule has 1 unspecified atom stereocenters. The summed E-state index contributed by atoms with van der Waals surface area (Å²) in [6.45, 7) is 4.73. The van der Waals surface area contributed by atoms with Crippen molar-refractivity contribution in [2.75, 3.05) is 13.6 Å². The van der Waals surface area contributed by atoms with Crippen LogP contribution < -0.4 is 5.73 Å². The van der Waals surface area contributed by atoms with Gasteiger partial charge in [0.1, 0.15) is 5.82 Å². The molecule has 0 spiro atoms. The average molecular weight is 416 g/mol. The molecule has 7 heteroatoms. The van der Waals surface area contributed by atoms with E-state index in [1.165, 1.54) is 12.1 Å². The second kappa shape index (κ2) is 9.67. The molecule has 2 aromatic rings. The second-order valence-corrected chi connectivity index (χ2v) is 7.45. The van der Waals surface area contributed by atoms with E-state index in [0.717, 1.165) is 25.0 Å². The largest absolute Gasteiger partial charge is 0.342 e. The lowest BCUT2D eigenvalue weighted by Crippen LogP contribution is -2.34. The van der Waals surface area contributed by atoms with Crippen LogP contribution in [0.15, 0.2) is 24.3 Å². The lowest BCUT2D eigenvalue weighted by atomic mass is 10.0. The number of fused-ring (bicyclic) bond motifs is 1. The molecule has 1 amide bonds. The van der Waals surface area contributed by atoms with E-state index in [4.69, 9.17) is 5.73 Å². The van der Waals surface area contributed by atoms with Crippen LogP contribution in [0, 0.1) is 11.7 Å². The number of carbonyl (C=O) groups is 1. The molecule has 1 aromatic heterocycles. The Kier molecular flexibility index (Phi) is 8.46. The van der Waals surface area contributed by atoms with Gasteiger partial charge >= 0.3 is 0 Å². The van der Waals surface area contributed by atoms with E-state index in [-0.39, 0.29) is 42.6 Å². The fourth-order valence-electron chi connectivity index (χ4n) is 2.97. The number of pyridine rings is 1. The summed E-state index contributed by atoms with van der Waals surface area (Å²) in [5.74, 6) is 0.351. The third-order valence-electron chi connectivity index (χ3n) is 5.02. The Morgan fingerprint density at radius 1 is 1.30 bits per heavy atom. The molecule has 1 saturated carbocycles. The fraction of sp³-hybridized carbons (Fsp3) is 0.500. The summed E-state index contributed by atoms with van der Waals surface area (Å²) in [6.07, 6.45) is 2.95. The maximum Gasteiger partial charge on any atom is 0.254 e. The molecule has 1 heterocycles. The van der Waals surface area contributed by atoms with Crippen molar-refractivity contribution < 1.29 is 9.18 Å². The number of halogens is 3. The minimum atomic E-state index is -0.355. The van der Waals surface area contributed by atoms with Gasteiger partial charge in [0.25, 0.3) is 5.91 Å². The van der Waals surface area contributed by atoms with Gasteiger partial charge in [-0.25, -0.2) is 4.39 Å². The van der Waals surface area contributed by atoms with Crippen molar-refractivity contribution >= 4 is 41.6 Å². The molecule has 27 heavy (non-hydrogen) atoms. The number of hydrogen-bond acceptors (Lipinski definition) is 3. The minimum absolute atomic E-state index is 0. The van der Waals surface area contributed by atoms with Gasteiger partial charge in [-0.3, -0.25) is 9.78 Å². The molecule has 1 atom stereocenters. The Morgan fingerprint density at radius 2 is 1.96 bits per heavy atom. The molecule has 0 saturated heterocycles. The lowest BCUT2D eigenvalue weighted by Gasteiger charge is -2.22. The van der Waals surface area contributed by atoms with Gasteiger partial charge in [0.2, 0.25) is 0 Å². The molecular formula is C20H28Cl2FN3O. The number of amides is 1. The highest BCUT2D eigenvalue weighted by molar-refractivity contribution is 6.06. The number of aromatic nitrogens is 1. The Bertz CT molecular complexity index is 796. The average Bonchev–Trinajstić information content (AvgIpc) is 3.42. The maximum absolute atomic E-state index is 13.7. The van der Waals surface area contributed by atoms with E-state index < -0.39 is 0 Å². The quantitative estimate of drug-likeness (QED) is 0.752. The Labute approximate surface area is 172 Å². The van der Waals surface area contributed by atoms with Crippen LogP contribution >= 0.6 is 24.8 Å². The summed E-state index contributed by atoms with van der Waals surface area (Å²) in [6, 6.07) is 6.36. The molecule has 1 aliphatic rings. The fourth-order valence-corrected chi connectivity index (χ4v) is 2.97. The van der Waals surface area contributed by atoms with Crippen molar-refractivity contribution in [1.29, 1.82) is 0 Å². The molecule has 2 N–H and O–H groups in total. The van der Waals surface area contributed by atoms with Crippen LogP contribution in [0.4, 0.5) is 4.39 Å². The van der Waals surface area contributed by atoms with Crippen molar-refractivity contribution in [1.82, 2.24) is 9.88 Å². The monoisotopic (exact) mass is 415 g/mol. The minimum Gasteiger partial charge on any atom is -0.342 e. The zero-order valence-electron chi connectivity index (χ0n) is 15.9. The van der Waals surface area contributed by atoms with Crippen LogP contribution in [-0.2, 0) is 0 Å². The Hall–Kier alpha value is -1.43. The normalized spacial score (nSPS) is 14.4.